The average Bonchev–Trinajstić information content (AvgIpc) is 2.63. The Balaban J connectivity index is 3.11. The van der Waals surface area contributed by atoms with Gasteiger partial charge in [0, 0.05) is 18.5 Å². The normalized spacial score (nSPS) is 12.0. The molecule has 0 spiro atoms. The van der Waals surface area contributed by atoms with Gasteiger partial charge in [0.05, 0.1) is 15.3 Å². The van der Waals surface area contributed by atoms with Crippen molar-refractivity contribution in [1.82, 2.24) is 4.31 Å². The molecule has 0 saturated heterocycles. The molecule has 1 rings (SSSR count). The second-order valence-electron chi connectivity index (χ2n) is 3.70. The van der Waals surface area contributed by atoms with E-state index in [-0.39, 0.29) is 18.0 Å². The minimum atomic E-state index is -3.83. The summed E-state index contributed by atoms with van der Waals surface area (Å²) in [4.78, 5) is 11.5. The Morgan fingerprint density at radius 1 is 1.58 bits per heavy atom. The standard InChI is InChI=1S/C10H14BrNO5S2/c1-7-8(5-9(11)18-7)19(15,16)12(3-4-17-2)6-10(13)14/h5H,3-4,6H2,1-2H3,(H,13,14). The van der Waals surface area contributed by atoms with E-state index in [1.807, 2.05) is 0 Å². The molecule has 6 nitrogen and oxygen atoms in total. The summed E-state index contributed by atoms with van der Waals surface area (Å²) in [7, 11) is -2.40. The van der Waals surface area contributed by atoms with Crippen LogP contribution in [0.4, 0.5) is 0 Å². The number of nitrogens with zero attached hydrogens (tertiary/aromatic N) is 1. The third-order valence-corrected chi connectivity index (χ3v) is 5.97. The van der Waals surface area contributed by atoms with Crippen LogP contribution in [0.1, 0.15) is 4.88 Å². The summed E-state index contributed by atoms with van der Waals surface area (Å²) in [5.41, 5.74) is 0. The summed E-state index contributed by atoms with van der Waals surface area (Å²) in [5, 5.41) is 8.81. The van der Waals surface area contributed by atoms with Crippen molar-refractivity contribution in [1.29, 1.82) is 0 Å². The van der Waals surface area contributed by atoms with Gasteiger partial charge in [0.2, 0.25) is 10.0 Å². The summed E-state index contributed by atoms with van der Waals surface area (Å²) in [6, 6.07) is 1.48. The van der Waals surface area contributed by atoms with E-state index in [1.165, 1.54) is 24.5 Å². The van der Waals surface area contributed by atoms with E-state index < -0.39 is 22.5 Å². The monoisotopic (exact) mass is 371 g/mol. The lowest BCUT2D eigenvalue weighted by molar-refractivity contribution is -0.137. The first-order valence-electron chi connectivity index (χ1n) is 5.26. The average molecular weight is 372 g/mol. The van der Waals surface area contributed by atoms with Crippen LogP contribution in [0.2, 0.25) is 0 Å². The third-order valence-electron chi connectivity index (χ3n) is 2.32. The maximum Gasteiger partial charge on any atom is 0.318 e. The third kappa shape index (κ3) is 4.25. The Morgan fingerprint density at radius 3 is 2.63 bits per heavy atom. The number of halogens is 1. The van der Waals surface area contributed by atoms with Gasteiger partial charge in [0.1, 0.15) is 6.54 Å². The molecule has 1 aromatic heterocycles. The molecular formula is C10H14BrNO5S2. The molecule has 0 fully saturated rings. The van der Waals surface area contributed by atoms with E-state index in [1.54, 1.807) is 6.92 Å². The number of aryl methyl sites for hydroxylation is 1. The van der Waals surface area contributed by atoms with E-state index in [2.05, 4.69) is 15.9 Å². The largest absolute Gasteiger partial charge is 0.480 e. The summed E-state index contributed by atoms with van der Waals surface area (Å²) in [5.74, 6) is -1.20. The lowest BCUT2D eigenvalue weighted by Crippen LogP contribution is -2.38. The predicted octanol–water partition coefficient (Wildman–Crippen LogP) is 1.54. The molecule has 0 aromatic carbocycles. The number of carboxylic acids is 1. The van der Waals surface area contributed by atoms with Gasteiger partial charge in [-0.2, -0.15) is 4.31 Å². The Kier molecular flexibility index (Phi) is 5.93. The predicted molar refractivity (Wildman–Crippen MR) is 75.0 cm³/mol. The van der Waals surface area contributed by atoms with Crippen molar-refractivity contribution in [3.8, 4) is 0 Å². The molecule has 0 unspecified atom stereocenters. The molecule has 0 aliphatic carbocycles. The number of aliphatic carboxylic acids is 1. The van der Waals surface area contributed by atoms with Gasteiger partial charge >= 0.3 is 5.97 Å². The van der Waals surface area contributed by atoms with Crippen molar-refractivity contribution in [3.05, 3.63) is 14.7 Å². The number of thiophene rings is 1. The number of sulfonamides is 1. The fourth-order valence-corrected chi connectivity index (χ4v) is 5.21. The number of methoxy groups -OCH3 is 1. The zero-order chi connectivity index (χ0) is 14.6. The summed E-state index contributed by atoms with van der Waals surface area (Å²) >= 11 is 4.51. The SMILES string of the molecule is COCCN(CC(=O)O)S(=O)(=O)c1cc(Br)sc1C. The topological polar surface area (TPSA) is 83.9 Å². The molecule has 0 bridgehead atoms. The zero-order valence-electron chi connectivity index (χ0n) is 10.4. The van der Waals surface area contributed by atoms with Crippen LogP contribution in [0.15, 0.2) is 14.7 Å². The first-order chi connectivity index (χ1) is 8.78. The molecule has 108 valence electrons. The van der Waals surface area contributed by atoms with Gasteiger partial charge in [-0.25, -0.2) is 8.42 Å². The Labute approximate surface area is 124 Å². The van der Waals surface area contributed by atoms with Crippen molar-refractivity contribution < 1.29 is 23.1 Å². The molecule has 0 saturated carbocycles. The fourth-order valence-electron chi connectivity index (χ4n) is 1.45. The van der Waals surface area contributed by atoms with Crippen molar-refractivity contribution in [2.45, 2.75) is 11.8 Å². The van der Waals surface area contributed by atoms with Crippen LogP contribution >= 0.6 is 27.3 Å². The lowest BCUT2D eigenvalue weighted by Gasteiger charge is -2.19. The van der Waals surface area contributed by atoms with Gasteiger partial charge < -0.3 is 9.84 Å². The molecule has 0 radical (unpaired) electrons. The Morgan fingerprint density at radius 2 is 2.21 bits per heavy atom. The van der Waals surface area contributed by atoms with Crippen molar-refractivity contribution in [2.75, 3.05) is 26.8 Å². The zero-order valence-corrected chi connectivity index (χ0v) is 13.6. The lowest BCUT2D eigenvalue weighted by atomic mass is 10.5. The van der Waals surface area contributed by atoms with Gasteiger partial charge in [-0.3, -0.25) is 4.79 Å². The first kappa shape index (κ1) is 16.6. The molecule has 19 heavy (non-hydrogen) atoms. The maximum absolute atomic E-state index is 12.4. The van der Waals surface area contributed by atoms with E-state index >= 15 is 0 Å². The summed E-state index contributed by atoms with van der Waals surface area (Å²) < 4.78 is 31.2. The highest BCUT2D eigenvalue weighted by Crippen LogP contribution is 2.31. The molecular weight excluding hydrogens is 358 g/mol. The molecule has 0 amide bonds. The van der Waals surface area contributed by atoms with Crippen LogP contribution in [0.25, 0.3) is 0 Å². The Hall–Kier alpha value is -0.480. The number of hydrogen-bond donors (Lipinski definition) is 1. The number of carbonyl (C=O) groups is 1. The van der Waals surface area contributed by atoms with Gasteiger partial charge in [0.15, 0.2) is 0 Å². The van der Waals surface area contributed by atoms with E-state index in [4.69, 9.17) is 9.84 Å². The second-order valence-corrected chi connectivity index (χ2v) is 8.24. The fraction of sp³-hybridized carbons (Fsp3) is 0.500. The van der Waals surface area contributed by atoms with Crippen LogP contribution in [0.3, 0.4) is 0 Å². The highest BCUT2D eigenvalue weighted by molar-refractivity contribution is 9.11. The maximum atomic E-state index is 12.4. The smallest absolute Gasteiger partial charge is 0.318 e. The van der Waals surface area contributed by atoms with Gasteiger partial charge in [0.25, 0.3) is 0 Å². The van der Waals surface area contributed by atoms with E-state index in [0.717, 1.165) is 4.31 Å². The van der Waals surface area contributed by atoms with Gasteiger partial charge in [-0.1, -0.05) is 0 Å². The number of hydrogen-bond acceptors (Lipinski definition) is 5. The molecule has 0 atom stereocenters. The quantitative estimate of drug-likeness (QED) is 0.785. The van der Waals surface area contributed by atoms with E-state index in [9.17, 15) is 13.2 Å². The van der Waals surface area contributed by atoms with Crippen molar-refractivity contribution in [3.63, 3.8) is 0 Å². The molecule has 1 N–H and O–H groups in total. The molecule has 9 heteroatoms. The summed E-state index contributed by atoms with van der Waals surface area (Å²) in [6.45, 7) is 1.23. The van der Waals surface area contributed by atoms with Crippen LogP contribution in [-0.2, 0) is 19.6 Å². The van der Waals surface area contributed by atoms with Crippen LogP contribution < -0.4 is 0 Å². The molecule has 0 aliphatic heterocycles. The first-order valence-corrected chi connectivity index (χ1v) is 8.30. The Bertz CT molecular complexity index is 554. The van der Waals surface area contributed by atoms with Crippen LogP contribution in [0.5, 0.6) is 0 Å². The number of carboxylic acid groups (broad SMARTS) is 1. The summed E-state index contributed by atoms with van der Waals surface area (Å²) in [6.07, 6.45) is 0. The van der Waals surface area contributed by atoms with Gasteiger partial charge in [-0.15, -0.1) is 11.3 Å². The van der Waals surface area contributed by atoms with E-state index in [0.29, 0.717) is 8.66 Å². The van der Waals surface area contributed by atoms with Crippen LogP contribution in [-0.4, -0.2) is 50.6 Å². The van der Waals surface area contributed by atoms with Crippen molar-refractivity contribution in [2.24, 2.45) is 0 Å². The minimum Gasteiger partial charge on any atom is -0.480 e. The molecule has 1 heterocycles. The number of ether oxygens (including phenoxy) is 1. The van der Waals surface area contributed by atoms with Crippen LogP contribution in [0, 0.1) is 6.92 Å². The van der Waals surface area contributed by atoms with Gasteiger partial charge in [-0.05, 0) is 28.9 Å². The highest BCUT2D eigenvalue weighted by Gasteiger charge is 2.29. The number of rotatable bonds is 7. The molecule has 1 aromatic rings. The van der Waals surface area contributed by atoms with Crippen molar-refractivity contribution >= 4 is 43.3 Å². The second kappa shape index (κ2) is 6.80. The molecule has 0 aliphatic rings. The minimum absolute atomic E-state index is 0.00195. The highest BCUT2D eigenvalue weighted by atomic mass is 79.9.